The Labute approximate surface area is 118 Å². The van der Waals surface area contributed by atoms with Crippen molar-refractivity contribution in [3.8, 4) is 0 Å². The van der Waals surface area contributed by atoms with E-state index < -0.39 is 10.0 Å². The lowest BCUT2D eigenvalue weighted by molar-refractivity contribution is 0.598. The minimum atomic E-state index is -3.69. The van der Waals surface area contributed by atoms with Crippen LogP contribution >= 0.6 is 27.5 Å². The number of benzene rings is 1. The third-order valence-corrected chi connectivity index (χ3v) is 4.34. The molecule has 2 N–H and O–H groups in total. The zero-order chi connectivity index (χ0) is 13.3. The molecule has 1 heterocycles. The van der Waals surface area contributed by atoms with Gasteiger partial charge in [0.1, 0.15) is 5.82 Å². The van der Waals surface area contributed by atoms with Crippen molar-refractivity contribution in [1.82, 2.24) is 9.97 Å². The standard InChI is InChI=1S/C10H9BrClN3O2S/c1-6-13-5-10(14-6)18(16,17)15-9-4-7(12)2-3-8(9)11/h2-5,15H,1H3,(H,13,14). The van der Waals surface area contributed by atoms with Crippen molar-refractivity contribution in [2.45, 2.75) is 11.9 Å². The molecule has 0 amide bonds. The van der Waals surface area contributed by atoms with Crippen LogP contribution < -0.4 is 4.72 Å². The van der Waals surface area contributed by atoms with E-state index in [2.05, 4.69) is 30.6 Å². The van der Waals surface area contributed by atoms with Crippen molar-refractivity contribution < 1.29 is 8.42 Å². The molecule has 0 aliphatic carbocycles. The van der Waals surface area contributed by atoms with E-state index in [1.807, 2.05) is 0 Å². The van der Waals surface area contributed by atoms with E-state index in [0.29, 0.717) is 21.0 Å². The van der Waals surface area contributed by atoms with Crippen molar-refractivity contribution >= 4 is 43.2 Å². The van der Waals surface area contributed by atoms with Gasteiger partial charge in [-0.2, -0.15) is 8.42 Å². The van der Waals surface area contributed by atoms with Crippen molar-refractivity contribution in [2.24, 2.45) is 0 Å². The highest BCUT2D eigenvalue weighted by atomic mass is 79.9. The fourth-order valence-corrected chi connectivity index (χ4v) is 3.00. The number of halogens is 2. The summed E-state index contributed by atoms with van der Waals surface area (Å²) in [6.07, 6.45) is 1.26. The Morgan fingerprint density at radius 2 is 2.17 bits per heavy atom. The molecule has 96 valence electrons. The normalized spacial score (nSPS) is 11.5. The molecule has 2 aromatic rings. The predicted molar refractivity (Wildman–Crippen MR) is 73.3 cm³/mol. The lowest BCUT2D eigenvalue weighted by Gasteiger charge is -2.08. The summed E-state index contributed by atoms with van der Waals surface area (Å²) in [5.41, 5.74) is 0.370. The molecule has 0 unspecified atom stereocenters. The molecule has 0 saturated carbocycles. The average molecular weight is 351 g/mol. The summed E-state index contributed by atoms with van der Waals surface area (Å²) >= 11 is 9.07. The number of H-pyrrole nitrogens is 1. The van der Waals surface area contributed by atoms with Gasteiger partial charge in [-0.25, -0.2) is 4.98 Å². The number of nitrogens with zero attached hydrogens (tertiary/aromatic N) is 1. The summed E-state index contributed by atoms with van der Waals surface area (Å²) in [5.74, 6) is 0.528. The van der Waals surface area contributed by atoms with Crippen LogP contribution in [0.15, 0.2) is 33.9 Å². The van der Waals surface area contributed by atoms with Crippen LogP contribution in [-0.4, -0.2) is 18.4 Å². The van der Waals surface area contributed by atoms with E-state index in [1.54, 1.807) is 19.1 Å². The van der Waals surface area contributed by atoms with Crippen LogP contribution in [-0.2, 0) is 10.0 Å². The molecule has 0 saturated heterocycles. The van der Waals surface area contributed by atoms with E-state index in [9.17, 15) is 8.42 Å². The van der Waals surface area contributed by atoms with Crippen LogP contribution in [0.5, 0.6) is 0 Å². The number of sulfonamides is 1. The summed E-state index contributed by atoms with van der Waals surface area (Å²) in [7, 11) is -3.69. The van der Waals surface area contributed by atoms with Crippen molar-refractivity contribution in [2.75, 3.05) is 4.72 Å². The Kier molecular flexibility index (Phi) is 3.65. The third kappa shape index (κ3) is 2.85. The number of hydrogen-bond donors (Lipinski definition) is 2. The van der Waals surface area contributed by atoms with Gasteiger partial charge >= 0.3 is 0 Å². The average Bonchev–Trinajstić information content (AvgIpc) is 2.71. The number of anilines is 1. The van der Waals surface area contributed by atoms with Crippen molar-refractivity contribution in [1.29, 1.82) is 0 Å². The summed E-state index contributed by atoms with van der Waals surface area (Å²) in [6, 6.07) is 4.84. The fourth-order valence-electron chi connectivity index (χ4n) is 1.31. The molecule has 8 heteroatoms. The Morgan fingerprint density at radius 3 is 2.78 bits per heavy atom. The van der Waals surface area contributed by atoms with Gasteiger partial charge in [0.2, 0.25) is 0 Å². The second kappa shape index (κ2) is 4.91. The van der Waals surface area contributed by atoms with Gasteiger partial charge in [-0.05, 0) is 41.1 Å². The number of aromatic nitrogens is 2. The number of aryl methyl sites for hydroxylation is 1. The molecular formula is C10H9BrClN3O2S. The minimum Gasteiger partial charge on any atom is -0.332 e. The SMILES string of the molecule is Cc1ncc(S(=O)(=O)Nc2cc(Cl)ccc2Br)[nH]1. The highest BCUT2D eigenvalue weighted by molar-refractivity contribution is 9.10. The molecule has 0 atom stereocenters. The second-order valence-electron chi connectivity index (χ2n) is 3.56. The predicted octanol–water partition coefficient (Wildman–Crippen LogP) is 2.93. The van der Waals surface area contributed by atoms with Gasteiger partial charge in [0, 0.05) is 9.50 Å². The molecule has 0 aliphatic rings. The summed E-state index contributed by atoms with van der Waals surface area (Å²) in [5, 5.41) is 0.448. The maximum absolute atomic E-state index is 12.0. The second-order valence-corrected chi connectivity index (χ2v) is 6.50. The molecule has 2 rings (SSSR count). The lowest BCUT2D eigenvalue weighted by atomic mass is 10.3. The molecular weight excluding hydrogens is 342 g/mol. The van der Waals surface area contributed by atoms with Gasteiger partial charge in [-0.3, -0.25) is 4.72 Å². The molecule has 0 radical (unpaired) electrons. The summed E-state index contributed by atoms with van der Waals surface area (Å²) in [6.45, 7) is 1.67. The van der Waals surface area contributed by atoms with E-state index in [1.165, 1.54) is 12.3 Å². The van der Waals surface area contributed by atoms with Crippen LogP contribution in [0, 0.1) is 6.92 Å². The largest absolute Gasteiger partial charge is 0.332 e. The molecule has 0 fully saturated rings. The topological polar surface area (TPSA) is 74.8 Å². The first-order chi connectivity index (χ1) is 8.38. The van der Waals surface area contributed by atoms with Gasteiger partial charge in [0.15, 0.2) is 5.03 Å². The molecule has 1 aromatic heterocycles. The minimum absolute atomic E-state index is 0.00637. The summed E-state index contributed by atoms with van der Waals surface area (Å²) in [4.78, 5) is 6.51. The monoisotopic (exact) mass is 349 g/mol. The highest BCUT2D eigenvalue weighted by Gasteiger charge is 2.17. The maximum atomic E-state index is 12.0. The number of rotatable bonds is 3. The Morgan fingerprint density at radius 1 is 1.44 bits per heavy atom. The zero-order valence-electron chi connectivity index (χ0n) is 9.24. The smallest absolute Gasteiger partial charge is 0.279 e. The number of imidazole rings is 1. The molecule has 5 nitrogen and oxygen atoms in total. The van der Waals surface area contributed by atoms with E-state index in [-0.39, 0.29) is 5.03 Å². The van der Waals surface area contributed by atoms with Crippen LogP contribution in [0.2, 0.25) is 5.02 Å². The van der Waals surface area contributed by atoms with Gasteiger partial charge < -0.3 is 4.98 Å². The molecule has 0 spiro atoms. The maximum Gasteiger partial charge on any atom is 0.279 e. The number of nitrogens with one attached hydrogen (secondary N) is 2. The Hall–Kier alpha value is -1.05. The third-order valence-electron chi connectivity index (χ3n) is 2.14. The van der Waals surface area contributed by atoms with E-state index in [4.69, 9.17) is 11.6 Å². The van der Waals surface area contributed by atoms with E-state index in [0.717, 1.165) is 0 Å². The quantitative estimate of drug-likeness (QED) is 0.893. The Bertz CT molecular complexity index is 684. The van der Waals surface area contributed by atoms with Gasteiger partial charge in [-0.1, -0.05) is 11.6 Å². The number of aromatic amines is 1. The van der Waals surface area contributed by atoms with Crippen LogP contribution in [0.25, 0.3) is 0 Å². The summed E-state index contributed by atoms with van der Waals surface area (Å²) < 4.78 is 27.1. The zero-order valence-corrected chi connectivity index (χ0v) is 12.4. The van der Waals surface area contributed by atoms with Crippen LogP contribution in [0.1, 0.15) is 5.82 Å². The van der Waals surface area contributed by atoms with Gasteiger partial charge in [0.05, 0.1) is 11.9 Å². The fraction of sp³-hybridized carbons (Fsp3) is 0.100. The highest BCUT2D eigenvalue weighted by Crippen LogP contribution is 2.27. The van der Waals surface area contributed by atoms with Crippen LogP contribution in [0.3, 0.4) is 0 Å². The first-order valence-electron chi connectivity index (χ1n) is 4.88. The van der Waals surface area contributed by atoms with Crippen LogP contribution in [0.4, 0.5) is 5.69 Å². The first kappa shape index (κ1) is 13.4. The molecule has 18 heavy (non-hydrogen) atoms. The lowest BCUT2D eigenvalue weighted by Crippen LogP contribution is -2.13. The van der Waals surface area contributed by atoms with Gasteiger partial charge in [0.25, 0.3) is 10.0 Å². The molecule has 0 bridgehead atoms. The first-order valence-corrected chi connectivity index (χ1v) is 7.53. The number of hydrogen-bond acceptors (Lipinski definition) is 3. The van der Waals surface area contributed by atoms with Crippen molar-refractivity contribution in [3.05, 3.63) is 39.7 Å². The van der Waals surface area contributed by atoms with Gasteiger partial charge in [-0.15, -0.1) is 0 Å². The van der Waals surface area contributed by atoms with E-state index >= 15 is 0 Å². The Balaban J connectivity index is 2.36. The molecule has 0 aliphatic heterocycles. The molecule has 1 aromatic carbocycles. The van der Waals surface area contributed by atoms with Crippen molar-refractivity contribution in [3.63, 3.8) is 0 Å².